The maximum Gasteiger partial charge on any atom is 0.224 e. The van der Waals surface area contributed by atoms with Crippen LogP contribution >= 0.6 is 0 Å². The molecule has 0 bridgehead atoms. The minimum atomic E-state index is 0.0558. The molecule has 1 aromatic heterocycles. The van der Waals surface area contributed by atoms with Crippen molar-refractivity contribution in [3.63, 3.8) is 0 Å². The first-order chi connectivity index (χ1) is 13.5. The number of fused-ring (bicyclic) bond motifs is 1. The number of carbonyl (C=O) groups is 1. The Labute approximate surface area is 166 Å². The van der Waals surface area contributed by atoms with Crippen molar-refractivity contribution in [2.45, 2.75) is 39.3 Å². The SMILES string of the molecule is CCC(C)NC(=O)Cc1cn(Cc2cc(OC)cc(OC)c2)c2ccccc12. The summed E-state index contributed by atoms with van der Waals surface area (Å²) < 4.78 is 12.9. The summed E-state index contributed by atoms with van der Waals surface area (Å²) in [6.45, 7) is 4.76. The molecule has 0 saturated heterocycles. The molecule has 3 rings (SSSR count). The fourth-order valence-electron chi connectivity index (χ4n) is 3.35. The molecule has 1 N–H and O–H groups in total. The topological polar surface area (TPSA) is 52.5 Å². The van der Waals surface area contributed by atoms with Crippen LogP contribution in [0.15, 0.2) is 48.7 Å². The lowest BCUT2D eigenvalue weighted by Gasteiger charge is -2.11. The molecule has 1 atom stereocenters. The molecule has 5 nitrogen and oxygen atoms in total. The van der Waals surface area contributed by atoms with Gasteiger partial charge in [-0.3, -0.25) is 4.79 Å². The van der Waals surface area contributed by atoms with Crippen LogP contribution in [-0.2, 0) is 17.8 Å². The Morgan fingerprint density at radius 1 is 1.11 bits per heavy atom. The van der Waals surface area contributed by atoms with Crippen molar-refractivity contribution in [3.8, 4) is 11.5 Å². The first-order valence-electron chi connectivity index (χ1n) is 9.62. The fourth-order valence-corrected chi connectivity index (χ4v) is 3.35. The molecule has 1 unspecified atom stereocenters. The molecule has 0 saturated carbocycles. The van der Waals surface area contributed by atoms with Gasteiger partial charge in [-0.2, -0.15) is 0 Å². The predicted octanol–water partition coefficient (Wildman–Crippen LogP) is 4.16. The van der Waals surface area contributed by atoms with Crippen molar-refractivity contribution >= 4 is 16.8 Å². The van der Waals surface area contributed by atoms with Crippen LogP contribution in [-0.4, -0.2) is 30.7 Å². The Morgan fingerprint density at radius 3 is 2.43 bits per heavy atom. The van der Waals surface area contributed by atoms with Crippen LogP contribution in [0.4, 0.5) is 0 Å². The standard InChI is InChI=1S/C23H28N2O3/c1-5-16(2)24-23(26)12-18-15-25(22-9-7-6-8-21(18)22)14-17-10-19(27-3)13-20(11-17)28-4/h6-11,13,15-16H,5,12,14H2,1-4H3,(H,24,26). The van der Waals surface area contributed by atoms with Crippen molar-refractivity contribution in [2.24, 2.45) is 0 Å². The van der Waals surface area contributed by atoms with E-state index in [1.807, 2.05) is 37.3 Å². The highest BCUT2D eigenvalue weighted by Crippen LogP contribution is 2.26. The molecule has 0 spiro atoms. The maximum atomic E-state index is 12.4. The van der Waals surface area contributed by atoms with Gasteiger partial charge in [0.05, 0.1) is 20.6 Å². The molecule has 0 aliphatic heterocycles. The van der Waals surface area contributed by atoms with E-state index in [4.69, 9.17) is 9.47 Å². The fraction of sp³-hybridized carbons (Fsp3) is 0.348. The first-order valence-corrected chi connectivity index (χ1v) is 9.62. The number of carbonyl (C=O) groups excluding carboxylic acids is 1. The van der Waals surface area contributed by atoms with E-state index in [2.05, 4.69) is 35.1 Å². The van der Waals surface area contributed by atoms with Crippen molar-refractivity contribution in [1.82, 2.24) is 9.88 Å². The minimum absolute atomic E-state index is 0.0558. The van der Waals surface area contributed by atoms with Gasteiger partial charge in [0, 0.05) is 35.8 Å². The summed E-state index contributed by atoms with van der Waals surface area (Å²) in [5.41, 5.74) is 3.22. The number of para-hydroxylation sites is 1. The Hall–Kier alpha value is -2.95. The Kier molecular flexibility index (Phi) is 6.24. The molecule has 0 aliphatic carbocycles. The van der Waals surface area contributed by atoms with Gasteiger partial charge in [-0.1, -0.05) is 25.1 Å². The van der Waals surface area contributed by atoms with Crippen LogP contribution < -0.4 is 14.8 Å². The molecular formula is C23H28N2O3. The van der Waals surface area contributed by atoms with Crippen LogP contribution in [0, 0.1) is 0 Å². The van der Waals surface area contributed by atoms with Crippen LogP contribution in [0.5, 0.6) is 11.5 Å². The summed E-state index contributed by atoms with van der Waals surface area (Å²) >= 11 is 0. The molecule has 5 heteroatoms. The summed E-state index contributed by atoms with van der Waals surface area (Å²) in [7, 11) is 3.30. The molecule has 0 aliphatic rings. The first kappa shape index (κ1) is 19.8. The lowest BCUT2D eigenvalue weighted by atomic mass is 10.1. The zero-order valence-electron chi connectivity index (χ0n) is 17.0. The second-order valence-corrected chi connectivity index (χ2v) is 7.07. The van der Waals surface area contributed by atoms with E-state index >= 15 is 0 Å². The average Bonchev–Trinajstić information content (AvgIpc) is 3.04. The molecule has 28 heavy (non-hydrogen) atoms. The summed E-state index contributed by atoms with van der Waals surface area (Å²) in [6.07, 6.45) is 3.37. The summed E-state index contributed by atoms with van der Waals surface area (Å²) in [6, 6.07) is 14.3. The van der Waals surface area contributed by atoms with E-state index in [0.717, 1.165) is 39.9 Å². The molecule has 1 amide bonds. The predicted molar refractivity (Wildman–Crippen MR) is 112 cm³/mol. The van der Waals surface area contributed by atoms with Gasteiger partial charge in [0.25, 0.3) is 0 Å². The molecule has 148 valence electrons. The van der Waals surface area contributed by atoms with E-state index < -0.39 is 0 Å². The molecule has 1 heterocycles. The highest BCUT2D eigenvalue weighted by molar-refractivity contribution is 5.89. The van der Waals surface area contributed by atoms with Gasteiger partial charge in [-0.05, 0) is 42.7 Å². The lowest BCUT2D eigenvalue weighted by molar-refractivity contribution is -0.121. The molecule has 0 radical (unpaired) electrons. The number of benzene rings is 2. The zero-order valence-corrected chi connectivity index (χ0v) is 17.0. The minimum Gasteiger partial charge on any atom is -0.497 e. The van der Waals surface area contributed by atoms with Gasteiger partial charge in [-0.25, -0.2) is 0 Å². The monoisotopic (exact) mass is 380 g/mol. The zero-order chi connectivity index (χ0) is 20.1. The summed E-state index contributed by atoms with van der Waals surface area (Å²) in [4.78, 5) is 12.4. The third kappa shape index (κ3) is 4.47. The summed E-state index contributed by atoms with van der Waals surface area (Å²) in [5.74, 6) is 1.58. The van der Waals surface area contributed by atoms with Crippen LogP contribution in [0.2, 0.25) is 0 Å². The van der Waals surface area contributed by atoms with Crippen molar-refractivity contribution in [3.05, 3.63) is 59.8 Å². The van der Waals surface area contributed by atoms with E-state index in [-0.39, 0.29) is 11.9 Å². The average molecular weight is 380 g/mol. The van der Waals surface area contributed by atoms with Crippen molar-refractivity contribution in [1.29, 1.82) is 0 Å². The maximum absolute atomic E-state index is 12.4. The number of ether oxygens (including phenoxy) is 2. The van der Waals surface area contributed by atoms with Gasteiger partial charge in [0.15, 0.2) is 0 Å². The van der Waals surface area contributed by atoms with E-state index in [1.54, 1.807) is 14.2 Å². The highest BCUT2D eigenvalue weighted by Gasteiger charge is 2.14. The van der Waals surface area contributed by atoms with Gasteiger partial charge in [0.2, 0.25) is 5.91 Å². The number of hydrogen-bond acceptors (Lipinski definition) is 3. The molecule has 0 fully saturated rings. The number of nitrogens with zero attached hydrogens (tertiary/aromatic N) is 1. The number of methoxy groups -OCH3 is 2. The van der Waals surface area contributed by atoms with E-state index in [0.29, 0.717) is 13.0 Å². The van der Waals surface area contributed by atoms with Crippen LogP contribution in [0.3, 0.4) is 0 Å². The number of nitrogens with one attached hydrogen (secondary N) is 1. The smallest absolute Gasteiger partial charge is 0.224 e. The Balaban J connectivity index is 1.91. The van der Waals surface area contributed by atoms with Crippen molar-refractivity contribution in [2.75, 3.05) is 14.2 Å². The van der Waals surface area contributed by atoms with Gasteiger partial charge < -0.3 is 19.4 Å². The molecule has 2 aromatic carbocycles. The Morgan fingerprint density at radius 2 is 1.79 bits per heavy atom. The number of aromatic nitrogens is 1. The third-order valence-corrected chi connectivity index (χ3v) is 5.01. The van der Waals surface area contributed by atoms with Crippen LogP contribution in [0.25, 0.3) is 10.9 Å². The van der Waals surface area contributed by atoms with Crippen molar-refractivity contribution < 1.29 is 14.3 Å². The van der Waals surface area contributed by atoms with E-state index in [1.165, 1.54) is 0 Å². The number of rotatable bonds is 8. The third-order valence-electron chi connectivity index (χ3n) is 5.01. The van der Waals surface area contributed by atoms with E-state index in [9.17, 15) is 4.79 Å². The normalized spacial score (nSPS) is 12.0. The largest absolute Gasteiger partial charge is 0.497 e. The van der Waals surface area contributed by atoms with Gasteiger partial charge >= 0.3 is 0 Å². The quantitative estimate of drug-likeness (QED) is 0.638. The second-order valence-electron chi connectivity index (χ2n) is 7.07. The second kappa shape index (κ2) is 8.83. The molecule has 3 aromatic rings. The lowest BCUT2D eigenvalue weighted by Crippen LogP contribution is -2.33. The molecular weight excluding hydrogens is 352 g/mol. The Bertz CT molecular complexity index is 939. The van der Waals surface area contributed by atoms with Crippen LogP contribution in [0.1, 0.15) is 31.4 Å². The summed E-state index contributed by atoms with van der Waals surface area (Å²) in [5, 5.41) is 4.16. The highest BCUT2D eigenvalue weighted by atomic mass is 16.5. The number of hydrogen-bond donors (Lipinski definition) is 1. The van der Waals surface area contributed by atoms with Gasteiger partial charge in [-0.15, -0.1) is 0 Å². The number of amides is 1. The van der Waals surface area contributed by atoms with Gasteiger partial charge in [0.1, 0.15) is 11.5 Å².